The predicted molar refractivity (Wildman–Crippen MR) is 149 cm³/mol. The molecule has 2 N–H and O–H groups in total. The van der Waals surface area contributed by atoms with Crippen molar-refractivity contribution in [1.82, 2.24) is 10.6 Å². The third kappa shape index (κ3) is 7.11. The number of methoxy groups -OCH3 is 1. The highest BCUT2D eigenvalue weighted by atomic mass is 16.6. The van der Waals surface area contributed by atoms with Gasteiger partial charge in [-0.25, -0.2) is 14.4 Å². The van der Waals surface area contributed by atoms with Gasteiger partial charge in [0.05, 0.1) is 13.7 Å². The molecule has 3 aromatic carbocycles. The van der Waals surface area contributed by atoms with Crippen molar-refractivity contribution in [3.05, 3.63) is 89.5 Å². The number of benzene rings is 3. The Hall–Kier alpha value is -4.53. The lowest BCUT2D eigenvalue weighted by Crippen LogP contribution is -2.35. The van der Waals surface area contributed by atoms with Crippen molar-refractivity contribution in [3.8, 4) is 16.9 Å². The summed E-state index contributed by atoms with van der Waals surface area (Å²) in [5, 5.41) is 5.24. The van der Waals surface area contributed by atoms with Crippen molar-refractivity contribution in [2.45, 2.75) is 38.3 Å². The molecule has 0 spiro atoms. The molecule has 0 unspecified atom stereocenters. The average molecular weight is 547 g/mol. The zero-order valence-electron chi connectivity index (χ0n) is 23.1. The highest BCUT2D eigenvalue weighted by Crippen LogP contribution is 2.44. The van der Waals surface area contributed by atoms with Crippen molar-refractivity contribution >= 4 is 18.2 Å². The van der Waals surface area contributed by atoms with Crippen LogP contribution in [0.5, 0.6) is 5.75 Å². The molecule has 9 heteroatoms. The zero-order valence-corrected chi connectivity index (χ0v) is 23.1. The summed E-state index contributed by atoms with van der Waals surface area (Å²) in [6.07, 6.45) is -1.25. The van der Waals surface area contributed by atoms with Gasteiger partial charge in [0.15, 0.2) is 6.04 Å². The number of alkyl carbamates (subject to hydrolysis) is 2. The molecular weight excluding hydrogens is 512 g/mol. The first-order valence-corrected chi connectivity index (χ1v) is 13.0. The smallest absolute Gasteiger partial charge is 0.408 e. The van der Waals surface area contributed by atoms with Gasteiger partial charge in [0.1, 0.15) is 24.6 Å². The molecule has 3 aromatic rings. The molecule has 9 nitrogen and oxygen atoms in total. The van der Waals surface area contributed by atoms with Crippen molar-refractivity contribution in [3.63, 3.8) is 0 Å². The fourth-order valence-corrected chi connectivity index (χ4v) is 4.55. The van der Waals surface area contributed by atoms with Crippen LogP contribution in [0.3, 0.4) is 0 Å². The van der Waals surface area contributed by atoms with E-state index in [2.05, 4.69) is 22.8 Å². The summed E-state index contributed by atoms with van der Waals surface area (Å²) >= 11 is 0. The monoisotopic (exact) mass is 546 g/mol. The van der Waals surface area contributed by atoms with Crippen LogP contribution >= 0.6 is 0 Å². The first-order valence-electron chi connectivity index (χ1n) is 13.0. The van der Waals surface area contributed by atoms with Gasteiger partial charge in [-0.2, -0.15) is 0 Å². The van der Waals surface area contributed by atoms with Crippen molar-refractivity contribution < 1.29 is 33.3 Å². The van der Waals surface area contributed by atoms with Crippen LogP contribution in [0.1, 0.15) is 49.4 Å². The maximum Gasteiger partial charge on any atom is 0.408 e. The van der Waals surface area contributed by atoms with E-state index in [1.807, 2.05) is 36.4 Å². The SMILES string of the molecule is COC(=O)[C@H](NC(=O)OCC1c2ccccc2-c2ccccc21)c1ccc(OCCNC(=O)OC(C)(C)C)cc1. The molecule has 40 heavy (non-hydrogen) atoms. The molecule has 1 atom stereocenters. The molecule has 210 valence electrons. The summed E-state index contributed by atoms with van der Waals surface area (Å²) in [5.74, 6) is -0.209. The van der Waals surface area contributed by atoms with Gasteiger partial charge in [-0.1, -0.05) is 60.7 Å². The molecule has 4 rings (SSSR count). The van der Waals surface area contributed by atoms with E-state index in [9.17, 15) is 14.4 Å². The Balaban J connectivity index is 1.33. The lowest BCUT2D eigenvalue weighted by atomic mass is 9.98. The van der Waals surface area contributed by atoms with Gasteiger partial charge in [0.25, 0.3) is 0 Å². The van der Waals surface area contributed by atoms with Gasteiger partial charge < -0.3 is 29.6 Å². The lowest BCUT2D eigenvalue weighted by Gasteiger charge is -2.20. The molecule has 0 radical (unpaired) electrons. The summed E-state index contributed by atoms with van der Waals surface area (Å²) in [7, 11) is 1.25. The highest BCUT2D eigenvalue weighted by molar-refractivity contribution is 5.83. The van der Waals surface area contributed by atoms with E-state index in [1.165, 1.54) is 7.11 Å². The highest BCUT2D eigenvalue weighted by Gasteiger charge is 2.30. The van der Waals surface area contributed by atoms with Crippen LogP contribution < -0.4 is 15.4 Å². The summed E-state index contributed by atoms with van der Waals surface area (Å²) in [6.45, 7) is 5.96. The van der Waals surface area contributed by atoms with Crippen LogP contribution in [0.4, 0.5) is 9.59 Å². The van der Waals surface area contributed by atoms with E-state index in [4.69, 9.17) is 18.9 Å². The first kappa shape index (κ1) is 28.5. The van der Waals surface area contributed by atoms with Crippen LogP contribution in [0.2, 0.25) is 0 Å². The number of hydrogen-bond donors (Lipinski definition) is 2. The minimum atomic E-state index is -1.07. The van der Waals surface area contributed by atoms with Crippen LogP contribution in [-0.2, 0) is 19.0 Å². The third-order valence-corrected chi connectivity index (χ3v) is 6.30. The van der Waals surface area contributed by atoms with Crippen LogP contribution in [0, 0.1) is 0 Å². The van der Waals surface area contributed by atoms with Crippen LogP contribution in [0.25, 0.3) is 11.1 Å². The quantitative estimate of drug-likeness (QED) is 0.212. The topological polar surface area (TPSA) is 112 Å². The number of carbonyl (C=O) groups excluding carboxylic acids is 3. The molecule has 0 aliphatic heterocycles. The summed E-state index contributed by atoms with van der Waals surface area (Å²) in [5.41, 5.74) is 4.37. The predicted octanol–water partition coefficient (Wildman–Crippen LogP) is 5.34. The van der Waals surface area contributed by atoms with E-state index in [0.717, 1.165) is 22.3 Å². The molecule has 1 aliphatic carbocycles. The second-order valence-corrected chi connectivity index (χ2v) is 10.3. The Morgan fingerprint density at radius 3 is 2.02 bits per heavy atom. The van der Waals surface area contributed by atoms with Crippen LogP contribution in [-0.4, -0.2) is 50.6 Å². The Bertz CT molecular complexity index is 1300. The minimum Gasteiger partial charge on any atom is -0.492 e. The summed E-state index contributed by atoms with van der Waals surface area (Å²) < 4.78 is 21.3. The van der Waals surface area contributed by atoms with E-state index in [0.29, 0.717) is 11.3 Å². The van der Waals surface area contributed by atoms with Gasteiger partial charge in [-0.3, -0.25) is 0 Å². The number of nitrogens with one attached hydrogen (secondary N) is 2. The molecule has 0 fully saturated rings. The molecule has 2 amide bonds. The number of fused-ring (bicyclic) bond motifs is 3. The number of hydrogen-bond acceptors (Lipinski definition) is 7. The largest absolute Gasteiger partial charge is 0.492 e. The van der Waals surface area contributed by atoms with E-state index in [-0.39, 0.29) is 25.7 Å². The van der Waals surface area contributed by atoms with Crippen molar-refractivity contribution in [2.75, 3.05) is 26.9 Å². The molecular formula is C31H34N2O7. The third-order valence-electron chi connectivity index (χ3n) is 6.30. The first-order chi connectivity index (χ1) is 19.2. The number of carbonyl (C=O) groups is 3. The Labute approximate surface area is 233 Å². The summed E-state index contributed by atoms with van der Waals surface area (Å²) in [6, 6.07) is 21.7. The van der Waals surface area contributed by atoms with Gasteiger partial charge in [-0.05, 0) is 60.7 Å². The molecule has 0 aromatic heterocycles. The second kappa shape index (κ2) is 12.5. The van der Waals surface area contributed by atoms with Gasteiger partial charge in [0, 0.05) is 5.92 Å². The fraction of sp³-hybridized carbons (Fsp3) is 0.323. The maximum atomic E-state index is 12.8. The molecule has 0 saturated carbocycles. The Morgan fingerprint density at radius 2 is 1.45 bits per heavy atom. The Morgan fingerprint density at radius 1 is 0.850 bits per heavy atom. The normalized spacial score (nSPS) is 12.9. The number of esters is 1. The average Bonchev–Trinajstić information content (AvgIpc) is 3.25. The zero-order chi connectivity index (χ0) is 28.7. The Kier molecular flexibility index (Phi) is 8.93. The standard InChI is InChI=1S/C31H34N2O7/c1-31(2,3)40-29(35)32-17-18-38-21-15-13-20(14-16-21)27(28(34)37-4)33-30(36)39-19-26-24-11-7-5-9-22(24)23-10-6-8-12-25(23)26/h5-16,26-27H,17-19H2,1-4H3,(H,32,35)(H,33,36)/t27-/m1/s1. The number of rotatable bonds is 9. The molecule has 0 bridgehead atoms. The second-order valence-electron chi connectivity index (χ2n) is 10.3. The van der Waals surface area contributed by atoms with Crippen molar-refractivity contribution in [2.24, 2.45) is 0 Å². The minimum absolute atomic E-state index is 0.101. The summed E-state index contributed by atoms with van der Waals surface area (Å²) in [4.78, 5) is 37.0. The molecule has 0 saturated heterocycles. The lowest BCUT2D eigenvalue weighted by molar-refractivity contribution is -0.143. The number of ether oxygens (including phenoxy) is 4. The molecule has 0 heterocycles. The van der Waals surface area contributed by atoms with E-state index in [1.54, 1.807) is 45.0 Å². The maximum absolute atomic E-state index is 12.8. The van der Waals surface area contributed by atoms with Crippen molar-refractivity contribution in [1.29, 1.82) is 0 Å². The van der Waals surface area contributed by atoms with Gasteiger partial charge in [0.2, 0.25) is 0 Å². The fourth-order valence-electron chi connectivity index (χ4n) is 4.55. The van der Waals surface area contributed by atoms with E-state index >= 15 is 0 Å². The van der Waals surface area contributed by atoms with Gasteiger partial charge >= 0.3 is 18.2 Å². The number of amides is 2. The van der Waals surface area contributed by atoms with Crippen LogP contribution in [0.15, 0.2) is 72.8 Å². The van der Waals surface area contributed by atoms with E-state index < -0.39 is 29.8 Å². The molecule has 1 aliphatic rings. The van der Waals surface area contributed by atoms with Gasteiger partial charge in [-0.15, -0.1) is 0 Å².